The van der Waals surface area contributed by atoms with E-state index in [2.05, 4.69) is 91.0 Å². The van der Waals surface area contributed by atoms with Crippen molar-refractivity contribution in [3.63, 3.8) is 0 Å². The normalized spacial score (nSPS) is 8.93. The average molecular weight is 487 g/mol. The molecule has 0 saturated heterocycles. The maximum Gasteiger partial charge on any atom is 3.00 e. The fraction of sp³-hybridized carbons (Fsp3) is 0. The van der Waals surface area contributed by atoms with Gasteiger partial charge in [0.2, 0.25) is 0 Å². The summed E-state index contributed by atoms with van der Waals surface area (Å²) in [4.78, 5) is 0. The fourth-order valence-electron chi connectivity index (χ4n) is 2.64. The van der Waals surface area contributed by atoms with Gasteiger partial charge in [0, 0.05) is 0 Å². The van der Waals surface area contributed by atoms with E-state index in [1.54, 1.807) is 0 Å². The summed E-state index contributed by atoms with van der Waals surface area (Å²) in [7, 11) is -0.877. The summed E-state index contributed by atoms with van der Waals surface area (Å²) >= 11 is 0. The zero-order valence-electron chi connectivity index (χ0n) is 14.8. The molecular weight excluding hydrogens is 466 g/mol. The zero-order chi connectivity index (χ0) is 16.5. The van der Waals surface area contributed by atoms with Crippen LogP contribution in [0.4, 0.5) is 0 Å². The predicted molar refractivity (Wildman–Crippen MR) is 106 cm³/mol. The summed E-state index contributed by atoms with van der Waals surface area (Å²) in [6.07, 6.45) is 0. The van der Waals surface area contributed by atoms with Crippen molar-refractivity contribution in [1.29, 1.82) is 0 Å². The maximum absolute atomic E-state index is 2.24. The van der Waals surface area contributed by atoms with Gasteiger partial charge in [0.05, 0.1) is 0 Å². The zero-order valence-corrected chi connectivity index (χ0v) is 19.8. The molecule has 0 nitrogen and oxygen atoms in total. The van der Waals surface area contributed by atoms with E-state index in [9.17, 15) is 0 Å². The number of benzene rings is 3. The first-order valence-corrected chi connectivity index (χ1v) is 9.65. The van der Waals surface area contributed by atoms with Gasteiger partial charge in [-0.2, -0.15) is 18.2 Å². The Morgan fingerprint density at radius 2 is 0.741 bits per heavy atom. The van der Waals surface area contributed by atoms with Crippen LogP contribution in [0.25, 0.3) is 0 Å². The molecule has 0 aromatic heterocycles. The molecule has 134 valence electrons. The molecule has 4 aromatic carbocycles. The third-order valence-corrected chi connectivity index (χ3v) is 6.47. The Labute approximate surface area is 195 Å². The van der Waals surface area contributed by atoms with E-state index in [1.807, 2.05) is 30.3 Å². The number of rotatable bonds is 3. The van der Waals surface area contributed by atoms with Gasteiger partial charge in [-0.15, -0.1) is 0 Å². The number of hydrogen-bond donors (Lipinski definition) is 0. The summed E-state index contributed by atoms with van der Waals surface area (Å²) in [5, 5.41) is 4.31. The first kappa shape index (κ1) is 25.7. The van der Waals surface area contributed by atoms with Gasteiger partial charge < -0.3 is 24.8 Å². The van der Waals surface area contributed by atoms with E-state index < -0.39 is 8.80 Å². The monoisotopic (exact) mass is 484 g/mol. The van der Waals surface area contributed by atoms with E-state index in [-0.39, 0.29) is 51.0 Å². The molecular formula is C23H20Cl2SiZr. The van der Waals surface area contributed by atoms with Crippen molar-refractivity contribution in [3.05, 3.63) is 121 Å². The van der Waals surface area contributed by atoms with Gasteiger partial charge in [0.15, 0.2) is 8.80 Å². The Morgan fingerprint density at radius 1 is 0.444 bits per heavy atom. The van der Waals surface area contributed by atoms with Crippen LogP contribution < -0.4 is 40.4 Å². The van der Waals surface area contributed by atoms with Crippen LogP contribution in [0.2, 0.25) is 0 Å². The molecule has 0 bridgehead atoms. The van der Waals surface area contributed by atoms with Crippen LogP contribution >= 0.6 is 0 Å². The van der Waals surface area contributed by atoms with Crippen molar-refractivity contribution in [1.82, 2.24) is 0 Å². The van der Waals surface area contributed by atoms with Gasteiger partial charge in [0.1, 0.15) is 0 Å². The van der Waals surface area contributed by atoms with Crippen LogP contribution in [0, 0.1) is 0 Å². The van der Waals surface area contributed by atoms with Crippen LogP contribution in [0.3, 0.4) is 0 Å². The molecule has 0 heterocycles. The first-order chi connectivity index (χ1) is 11.9. The van der Waals surface area contributed by atoms with Crippen molar-refractivity contribution in [2.24, 2.45) is 0 Å². The molecule has 0 fully saturated rings. The number of hydrogen-bond acceptors (Lipinski definition) is 0. The van der Waals surface area contributed by atoms with Gasteiger partial charge in [0.25, 0.3) is 0 Å². The first-order valence-electron chi connectivity index (χ1n) is 8.15. The third kappa shape index (κ3) is 8.07. The third-order valence-electron chi connectivity index (χ3n) is 3.74. The number of halogens is 2. The quantitative estimate of drug-likeness (QED) is 0.172. The average Bonchev–Trinajstić information content (AvgIpc) is 3.25. The summed E-state index contributed by atoms with van der Waals surface area (Å²) in [6, 6.07) is 42.5. The van der Waals surface area contributed by atoms with E-state index in [4.69, 9.17) is 0 Å². The maximum atomic E-state index is 2.24. The predicted octanol–water partition coefficient (Wildman–Crippen LogP) is -2.39. The summed E-state index contributed by atoms with van der Waals surface area (Å²) < 4.78 is 0. The van der Waals surface area contributed by atoms with Gasteiger partial charge in [-0.25, -0.2) is 12.1 Å². The standard InChI is InChI=1S/C18H15Si.C5H5.2ClH.Zr/c1-4-10-16(11-5-1)19(17-12-6-2-7-13-17)18-14-8-3-9-15-18;1-2-4-5-3-1;;;/h1-15H;1-5H;2*1H;/q;-1;;;+3/p-2. The SMILES string of the molecule is [Cl-].[Cl-].[Zr+3].c1cc[cH-]c1.c1ccc([Si](c2ccccc2)c2ccccc2)cc1. The van der Waals surface area contributed by atoms with E-state index in [1.165, 1.54) is 15.6 Å². The Kier molecular flexibility index (Phi) is 14.0. The van der Waals surface area contributed by atoms with Crippen molar-refractivity contribution >= 4 is 24.4 Å². The van der Waals surface area contributed by atoms with Crippen LogP contribution in [-0.2, 0) is 26.2 Å². The summed E-state index contributed by atoms with van der Waals surface area (Å²) in [5.41, 5.74) is 0. The van der Waals surface area contributed by atoms with Crippen molar-refractivity contribution in [3.8, 4) is 0 Å². The Hall–Kier alpha value is -1.31. The minimum atomic E-state index is -0.877. The van der Waals surface area contributed by atoms with E-state index in [0.29, 0.717) is 0 Å². The second kappa shape index (κ2) is 14.7. The molecule has 2 radical (unpaired) electrons. The van der Waals surface area contributed by atoms with Gasteiger partial charge in [-0.3, -0.25) is 0 Å². The van der Waals surface area contributed by atoms with Crippen LogP contribution in [0.15, 0.2) is 121 Å². The molecule has 0 saturated carbocycles. The molecule has 4 rings (SSSR count). The summed E-state index contributed by atoms with van der Waals surface area (Å²) in [6.45, 7) is 0. The minimum Gasteiger partial charge on any atom is -1.00 e. The second-order valence-electron chi connectivity index (χ2n) is 5.44. The minimum absolute atomic E-state index is 0. The Bertz CT molecular complexity index is 696. The van der Waals surface area contributed by atoms with E-state index in [0.717, 1.165) is 0 Å². The van der Waals surface area contributed by atoms with Crippen molar-refractivity contribution in [2.75, 3.05) is 0 Å². The smallest absolute Gasteiger partial charge is 1.00 e. The second-order valence-corrected chi connectivity index (χ2v) is 7.92. The molecule has 0 spiro atoms. The van der Waals surface area contributed by atoms with Gasteiger partial charge in [-0.1, -0.05) is 107 Å². The molecule has 0 aliphatic carbocycles. The molecule has 27 heavy (non-hydrogen) atoms. The van der Waals surface area contributed by atoms with Crippen LogP contribution in [-0.4, -0.2) is 8.80 Å². The van der Waals surface area contributed by atoms with Gasteiger partial charge >= 0.3 is 26.2 Å². The molecule has 0 aliphatic rings. The Morgan fingerprint density at radius 3 is 0.963 bits per heavy atom. The summed E-state index contributed by atoms with van der Waals surface area (Å²) in [5.74, 6) is 0. The molecule has 0 atom stereocenters. The largest absolute Gasteiger partial charge is 3.00 e. The molecule has 0 N–H and O–H groups in total. The van der Waals surface area contributed by atoms with Crippen molar-refractivity contribution < 1.29 is 51.0 Å². The molecule has 4 aromatic rings. The topological polar surface area (TPSA) is 0 Å². The van der Waals surface area contributed by atoms with Crippen LogP contribution in [0.5, 0.6) is 0 Å². The Balaban J connectivity index is 0.000000742. The fourth-order valence-corrected chi connectivity index (χ4v) is 5.21. The van der Waals surface area contributed by atoms with Gasteiger partial charge in [-0.05, 0) is 0 Å². The molecule has 0 unspecified atom stereocenters. The molecule has 0 amide bonds. The van der Waals surface area contributed by atoms with Crippen LogP contribution in [0.1, 0.15) is 0 Å². The molecule has 0 aliphatic heterocycles. The van der Waals surface area contributed by atoms with Crippen molar-refractivity contribution in [2.45, 2.75) is 0 Å². The van der Waals surface area contributed by atoms with E-state index >= 15 is 0 Å². The molecule has 4 heteroatoms.